The Morgan fingerprint density at radius 3 is 2.67 bits per heavy atom. The Bertz CT molecular complexity index is 866. The number of nitrogens with two attached hydrogens (primary N) is 1. The average molecular weight is 346 g/mol. The maximum Gasteiger partial charge on any atom is 0.253 e. The molecule has 0 aromatic heterocycles. The zero-order valence-electron chi connectivity index (χ0n) is 13.1. The molecule has 126 valence electrons. The molecule has 0 saturated heterocycles. The van der Waals surface area contributed by atoms with Gasteiger partial charge in [-0.25, -0.2) is 8.42 Å². The van der Waals surface area contributed by atoms with Crippen molar-refractivity contribution in [3.63, 3.8) is 0 Å². The van der Waals surface area contributed by atoms with Gasteiger partial charge in [-0.2, -0.15) is 9.93 Å². The van der Waals surface area contributed by atoms with Crippen LogP contribution in [0.15, 0.2) is 58.5 Å². The van der Waals surface area contributed by atoms with E-state index < -0.39 is 10.0 Å². The van der Waals surface area contributed by atoms with E-state index in [1.807, 2.05) is 35.2 Å². The number of hydrazone groups is 1. The Labute approximate surface area is 140 Å². The first-order chi connectivity index (χ1) is 11.5. The average Bonchev–Trinajstić information content (AvgIpc) is 3.12. The third-order valence-electron chi connectivity index (χ3n) is 3.90. The summed E-state index contributed by atoms with van der Waals surface area (Å²) in [6.45, 7) is 0. The van der Waals surface area contributed by atoms with Crippen molar-refractivity contribution in [2.24, 2.45) is 10.9 Å². The maximum absolute atomic E-state index is 11.9. The lowest BCUT2D eigenvalue weighted by atomic mass is 9.98. The fraction of sp³-hybridized carbons (Fsp3) is 0.188. The number of rotatable bonds is 5. The molecule has 0 spiro atoms. The van der Waals surface area contributed by atoms with Crippen molar-refractivity contribution in [1.29, 1.82) is 0 Å². The van der Waals surface area contributed by atoms with E-state index in [0.717, 1.165) is 11.3 Å². The Morgan fingerprint density at radius 2 is 2.00 bits per heavy atom. The first-order valence-electron chi connectivity index (χ1n) is 7.33. The molecule has 4 N–H and O–H groups in total. The monoisotopic (exact) mass is 346 g/mol. The largest absolute Gasteiger partial charge is 0.496 e. The second-order valence-corrected chi connectivity index (χ2v) is 7.05. The molecule has 1 atom stereocenters. The smallest absolute Gasteiger partial charge is 0.253 e. The number of methoxy groups -OCH3 is 1. The van der Waals surface area contributed by atoms with Crippen LogP contribution in [0.2, 0.25) is 0 Å². The van der Waals surface area contributed by atoms with Crippen molar-refractivity contribution in [3.05, 3.63) is 59.7 Å². The van der Waals surface area contributed by atoms with Crippen molar-refractivity contribution in [1.82, 2.24) is 10.3 Å². The van der Waals surface area contributed by atoms with Crippen molar-refractivity contribution in [2.45, 2.75) is 17.4 Å². The van der Waals surface area contributed by atoms with Gasteiger partial charge in [0.15, 0.2) is 0 Å². The highest BCUT2D eigenvalue weighted by Gasteiger charge is 2.26. The molecule has 0 unspecified atom stereocenters. The van der Waals surface area contributed by atoms with Gasteiger partial charge in [-0.1, -0.05) is 30.3 Å². The SMILES string of the molecule is COc1ccc(S(=O)(=O)NN)cc1[C@H]1CC(c2ccccc2)=NN1. The molecular formula is C16H18N4O3S. The van der Waals surface area contributed by atoms with Gasteiger partial charge in [-0.05, 0) is 23.8 Å². The molecule has 0 bridgehead atoms. The van der Waals surface area contributed by atoms with Gasteiger partial charge in [-0.3, -0.25) is 5.84 Å². The van der Waals surface area contributed by atoms with Crippen LogP contribution in [0, 0.1) is 0 Å². The van der Waals surface area contributed by atoms with E-state index >= 15 is 0 Å². The molecule has 8 heteroatoms. The second-order valence-electron chi connectivity index (χ2n) is 5.34. The summed E-state index contributed by atoms with van der Waals surface area (Å²) in [6, 6.07) is 14.3. The normalized spacial score (nSPS) is 17.2. The van der Waals surface area contributed by atoms with Crippen LogP contribution in [0.1, 0.15) is 23.6 Å². The molecule has 2 aromatic rings. The predicted octanol–water partition coefficient (Wildman–Crippen LogP) is 1.29. The van der Waals surface area contributed by atoms with E-state index in [2.05, 4.69) is 10.5 Å². The fourth-order valence-corrected chi connectivity index (χ4v) is 3.32. The van der Waals surface area contributed by atoms with Crippen molar-refractivity contribution >= 4 is 15.7 Å². The van der Waals surface area contributed by atoms with Crippen LogP contribution in [0.5, 0.6) is 5.75 Å². The van der Waals surface area contributed by atoms with E-state index in [0.29, 0.717) is 17.7 Å². The van der Waals surface area contributed by atoms with Crippen LogP contribution in [-0.4, -0.2) is 21.2 Å². The Kier molecular flexibility index (Phi) is 4.52. The molecule has 0 radical (unpaired) electrons. The first-order valence-corrected chi connectivity index (χ1v) is 8.81. The standard InChI is InChI=1S/C16H18N4O3S/c1-23-16-8-7-12(24(21,22)20-17)9-13(16)15-10-14(18-19-15)11-5-3-2-4-6-11/h2-9,15,19-20H,10,17H2,1H3/t15-/m1/s1. The van der Waals surface area contributed by atoms with Crippen LogP contribution >= 0.6 is 0 Å². The zero-order valence-corrected chi connectivity index (χ0v) is 13.9. The molecular weight excluding hydrogens is 328 g/mol. The lowest BCUT2D eigenvalue weighted by Gasteiger charge is -2.16. The van der Waals surface area contributed by atoms with E-state index in [1.165, 1.54) is 6.07 Å². The molecule has 0 aliphatic carbocycles. The molecule has 0 amide bonds. The number of ether oxygens (including phenoxy) is 1. The van der Waals surface area contributed by atoms with Gasteiger partial charge in [0.1, 0.15) is 5.75 Å². The highest BCUT2D eigenvalue weighted by Crippen LogP contribution is 2.33. The van der Waals surface area contributed by atoms with Crippen LogP contribution in [0.25, 0.3) is 0 Å². The van der Waals surface area contributed by atoms with Gasteiger partial charge in [-0.15, -0.1) is 0 Å². The van der Waals surface area contributed by atoms with Gasteiger partial charge in [0.2, 0.25) is 0 Å². The summed E-state index contributed by atoms with van der Waals surface area (Å²) in [7, 11) is -2.19. The fourth-order valence-electron chi connectivity index (χ4n) is 2.65. The highest BCUT2D eigenvalue weighted by molar-refractivity contribution is 7.89. The molecule has 1 aliphatic rings. The van der Waals surface area contributed by atoms with E-state index in [1.54, 1.807) is 19.2 Å². The number of hydrazine groups is 1. The van der Waals surface area contributed by atoms with Gasteiger partial charge in [0.25, 0.3) is 10.0 Å². The summed E-state index contributed by atoms with van der Waals surface area (Å²) in [6.07, 6.45) is 0.625. The number of sulfonamides is 1. The van der Waals surface area contributed by atoms with Crippen LogP contribution in [0.4, 0.5) is 0 Å². The molecule has 3 rings (SSSR count). The number of nitrogens with zero attached hydrogens (tertiary/aromatic N) is 1. The maximum atomic E-state index is 11.9. The van der Waals surface area contributed by atoms with Crippen LogP contribution in [0.3, 0.4) is 0 Å². The zero-order chi connectivity index (χ0) is 17.2. The minimum atomic E-state index is -3.73. The summed E-state index contributed by atoms with van der Waals surface area (Å²) >= 11 is 0. The predicted molar refractivity (Wildman–Crippen MR) is 91.0 cm³/mol. The number of benzene rings is 2. The lowest BCUT2D eigenvalue weighted by molar-refractivity contribution is 0.402. The summed E-state index contributed by atoms with van der Waals surface area (Å²) in [5.41, 5.74) is 5.70. The first kappa shape index (κ1) is 16.4. The van der Waals surface area contributed by atoms with Crippen molar-refractivity contribution < 1.29 is 13.2 Å². The minimum absolute atomic E-state index is 0.0794. The molecule has 2 aromatic carbocycles. The molecule has 1 heterocycles. The van der Waals surface area contributed by atoms with E-state index in [4.69, 9.17) is 10.6 Å². The van der Waals surface area contributed by atoms with Crippen LogP contribution < -0.4 is 20.8 Å². The molecule has 0 saturated carbocycles. The van der Waals surface area contributed by atoms with Gasteiger partial charge < -0.3 is 10.2 Å². The minimum Gasteiger partial charge on any atom is -0.496 e. The number of hydrogen-bond donors (Lipinski definition) is 3. The Hall–Kier alpha value is -2.42. The summed E-state index contributed by atoms with van der Waals surface area (Å²) in [5, 5.41) is 4.37. The van der Waals surface area contributed by atoms with E-state index in [-0.39, 0.29) is 10.9 Å². The molecule has 7 nitrogen and oxygen atoms in total. The summed E-state index contributed by atoms with van der Waals surface area (Å²) < 4.78 is 29.2. The quantitative estimate of drug-likeness (QED) is 0.559. The number of hydrogen-bond acceptors (Lipinski definition) is 6. The van der Waals surface area contributed by atoms with E-state index in [9.17, 15) is 8.42 Å². The second kappa shape index (κ2) is 6.60. The van der Waals surface area contributed by atoms with Gasteiger partial charge in [0, 0.05) is 12.0 Å². The lowest BCUT2D eigenvalue weighted by Crippen LogP contribution is -2.30. The topological polar surface area (TPSA) is 106 Å². The molecule has 24 heavy (non-hydrogen) atoms. The number of nitrogens with one attached hydrogen (secondary N) is 2. The molecule has 0 fully saturated rings. The van der Waals surface area contributed by atoms with Crippen LogP contribution in [-0.2, 0) is 10.0 Å². The van der Waals surface area contributed by atoms with Crippen molar-refractivity contribution in [3.8, 4) is 5.75 Å². The highest BCUT2D eigenvalue weighted by atomic mass is 32.2. The van der Waals surface area contributed by atoms with Gasteiger partial charge in [0.05, 0.1) is 23.8 Å². The van der Waals surface area contributed by atoms with Gasteiger partial charge >= 0.3 is 0 Å². The molecule has 1 aliphatic heterocycles. The Morgan fingerprint density at radius 1 is 1.25 bits per heavy atom. The summed E-state index contributed by atoms with van der Waals surface area (Å²) in [4.78, 5) is 1.91. The Balaban J connectivity index is 1.91. The third-order valence-corrected chi connectivity index (χ3v) is 5.09. The third kappa shape index (κ3) is 3.12. The van der Waals surface area contributed by atoms with Crippen molar-refractivity contribution in [2.75, 3.05) is 7.11 Å². The summed E-state index contributed by atoms with van der Waals surface area (Å²) in [5.74, 6) is 5.69.